The summed E-state index contributed by atoms with van der Waals surface area (Å²) < 4.78 is 10.8. The fraction of sp³-hybridized carbons (Fsp3) is 0.550. The van der Waals surface area contributed by atoms with Gasteiger partial charge in [-0.25, -0.2) is 0 Å². The second-order valence-corrected chi connectivity index (χ2v) is 7.03. The van der Waals surface area contributed by atoms with Gasteiger partial charge < -0.3 is 19.9 Å². The maximum absolute atomic E-state index is 12.5. The molecule has 0 spiro atoms. The Morgan fingerprint density at radius 1 is 1.37 bits per heavy atom. The molecule has 27 heavy (non-hydrogen) atoms. The summed E-state index contributed by atoms with van der Waals surface area (Å²) in [5.74, 6) is 2.26. The van der Waals surface area contributed by atoms with E-state index in [2.05, 4.69) is 15.9 Å². The molecule has 3 rings (SSSR count). The summed E-state index contributed by atoms with van der Waals surface area (Å²) in [6, 6.07) is 7.60. The van der Waals surface area contributed by atoms with Crippen LogP contribution in [0.15, 0.2) is 28.8 Å². The third-order valence-electron chi connectivity index (χ3n) is 5.03. The molecule has 2 aromatic rings. The van der Waals surface area contributed by atoms with Gasteiger partial charge in [0.25, 0.3) is 0 Å². The maximum Gasteiger partial charge on any atom is 0.231 e. The number of carbonyl (C=O) groups excluding carboxylic acids is 1. The van der Waals surface area contributed by atoms with E-state index in [-0.39, 0.29) is 11.8 Å². The van der Waals surface area contributed by atoms with Gasteiger partial charge in [-0.05, 0) is 44.2 Å². The summed E-state index contributed by atoms with van der Waals surface area (Å²) in [6.45, 7) is 2.42. The number of aromatic nitrogens is 2. The Labute approximate surface area is 159 Å². The fourth-order valence-corrected chi connectivity index (χ4v) is 3.47. The average Bonchev–Trinajstić information content (AvgIpc) is 3.21. The molecule has 1 amide bonds. The molecule has 7 heteroatoms. The van der Waals surface area contributed by atoms with Gasteiger partial charge in [-0.15, -0.1) is 0 Å². The minimum Gasteiger partial charge on any atom is -0.497 e. The number of unbranched alkanes of at least 4 members (excludes halogenated alkanes) is 2. The lowest BCUT2D eigenvalue weighted by atomic mass is 9.97. The van der Waals surface area contributed by atoms with Crippen molar-refractivity contribution in [3.05, 3.63) is 30.2 Å². The van der Waals surface area contributed by atoms with Crippen LogP contribution in [0.25, 0.3) is 11.4 Å². The van der Waals surface area contributed by atoms with Crippen LogP contribution in [0.5, 0.6) is 5.75 Å². The first-order valence-electron chi connectivity index (χ1n) is 9.76. The van der Waals surface area contributed by atoms with Crippen molar-refractivity contribution in [3.63, 3.8) is 0 Å². The van der Waals surface area contributed by atoms with Crippen LogP contribution in [0.1, 0.15) is 50.3 Å². The normalized spacial score (nSPS) is 17.1. The molecule has 1 aromatic carbocycles. The van der Waals surface area contributed by atoms with Gasteiger partial charge in [-0.1, -0.05) is 17.3 Å². The molecule has 1 aromatic heterocycles. The highest BCUT2D eigenvalue weighted by molar-refractivity contribution is 5.76. The second-order valence-electron chi connectivity index (χ2n) is 7.03. The molecule has 0 bridgehead atoms. The van der Waals surface area contributed by atoms with Gasteiger partial charge in [0.05, 0.1) is 19.6 Å². The van der Waals surface area contributed by atoms with E-state index in [4.69, 9.17) is 9.26 Å². The van der Waals surface area contributed by atoms with Gasteiger partial charge in [0.1, 0.15) is 5.75 Å². The number of quaternary nitrogens is 1. The molecule has 0 unspecified atom stereocenters. The minimum absolute atomic E-state index is 0.106. The summed E-state index contributed by atoms with van der Waals surface area (Å²) in [4.78, 5) is 19.0. The van der Waals surface area contributed by atoms with Crippen LogP contribution >= 0.6 is 0 Å². The lowest BCUT2D eigenvalue weighted by Gasteiger charge is -2.31. The molecule has 3 N–H and O–H groups in total. The monoisotopic (exact) mass is 373 g/mol. The first-order valence-corrected chi connectivity index (χ1v) is 9.76. The summed E-state index contributed by atoms with van der Waals surface area (Å²) in [6.07, 6.45) is 5.64. The number of methoxy groups -OCH3 is 1. The Balaban J connectivity index is 1.61. The predicted molar refractivity (Wildman–Crippen MR) is 101 cm³/mol. The standard InChI is InChI=1S/C20H28N4O3/c1-26-17-9-5-7-15(13-17)19-22-20(27-23-19)16-8-6-12-24(14-16)18(25)10-3-2-4-11-21/h5,7,9,13,16H,2-4,6,8,10-12,14,21H2,1H3/p+1/t16-/m1/s1. The SMILES string of the molecule is COc1cccc(-c2noc([C@@H]3CCCN(C(=O)CCCCC[NH3+])C3)n2)c1. The molecule has 0 aliphatic carbocycles. The van der Waals surface area contributed by atoms with Crippen LogP contribution in [0.4, 0.5) is 0 Å². The van der Waals surface area contributed by atoms with Gasteiger partial charge in [0.15, 0.2) is 0 Å². The predicted octanol–water partition coefficient (Wildman–Crippen LogP) is 2.25. The zero-order valence-electron chi connectivity index (χ0n) is 16.0. The Hall–Kier alpha value is -2.41. The van der Waals surface area contributed by atoms with Crippen molar-refractivity contribution in [2.75, 3.05) is 26.7 Å². The zero-order chi connectivity index (χ0) is 19.1. The fourth-order valence-electron chi connectivity index (χ4n) is 3.47. The number of benzene rings is 1. The van der Waals surface area contributed by atoms with Gasteiger partial charge in [0, 0.05) is 25.1 Å². The molecule has 7 nitrogen and oxygen atoms in total. The average molecular weight is 373 g/mol. The summed E-state index contributed by atoms with van der Waals surface area (Å²) in [5, 5.41) is 4.13. The number of amides is 1. The number of likely N-dealkylation sites (tertiary alicyclic amines) is 1. The maximum atomic E-state index is 12.5. The number of carbonyl (C=O) groups is 1. The molecule has 1 saturated heterocycles. The molecule has 1 atom stereocenters. The topological polar surface area (TPSA) is 96.1 Å². The highest BCUT2D eigenvalue weighted by atomic mass is 16.5. The van der Waals surface area contributed by atoms with E-state index in [9.17, 15) is 4.79 Å². The van der Waals surface area contributed by atoms with Gasteiger partial charge in [-0.3, -0.25) is 4.79 Å². The van der Waals surface area contributed by atoms with Gasteiger partial charge >= 0.3 is 0 Å². The number of ether oxygens (including phenoxy) is 1. The minimum atomic E-state index is 0.106. The van der Waals surface area contributed by atoms with E-state index < -0.39 is 0 Å². The quantitative estimate of drug-likeness (QED) is 0.716. The van der Waals surface area contributed by atoms with E-state index in [0.717, 1.165) is 56.5 Å². The molecular weight excluding hydrogens is 344 g/mol. The smallest absolute Gasteiger partial charge is 0.231 e. The summed E-state index contributed by atoms with van der Waals surface area (Å²) >= 11 is 0. The summed E-state index contributed by atoms with van der Waals surface area (Å²) in [7, 11) is 1.63. The van der Waals surface area contributed by atoms with Gasteiger partial charge in [0.2, 0.25) is 17.6 Å². The Kier molecular flexibility index (Phi) is 6.81. The van der Waals surface area contributed by atoms with E-state index in [1.165, 1.54) is 0 Å². The molecule has 146 valence electrons. The zero-order valence-corrected chi connectivity index (χ0v) is 16.0. The highest BCUT2D eigenvalue weighted by Crippen LogP contribution is 2.29. The number of rotatable bonds is 8. The van der Waals surface area contributed by atoms with E-state index >= 15 is 0 Å². The van der Waals surface area contributed by atoms with Crippen LogP contribution in [0.3, 0.4) is 0 Å². The number of nitrogens with zero attached hydrogens (tertiary/aromatic N) is 3. The van der Waals surface area contributed by atoms with Crippen LogP contribution in [0.2, 0.25) is 0 Å². The molecule has 2 heterocycles. The van der Waals surface area contributed by atoms with Crippen molar-refractivity contribution in [2.24, 2.45) is 0 Å². The van der Waals surface area contributed by atoms with Crippen molar-refractivity contribution >= 4 is 5.91 Å². The number of hydrogen-bond donors (Lipinski definition) is 1. The molecule has 1 aliphatic rings. The van der Waals surface area contributed by atoms with E-state index in [1.807, 2.05) is 29.2 Å². The van der Waals surface area contributed by atoms with E-state index in [0.29, 0.717) is 24.7 Å². The third kappa shape index (κ3) is 5.07. The van der Waals surface area contributed by atoms with Crippen molar-refractivity contribution in [1.82, 2.24) is 15.0 Å². The molecule has 0 radical (unpaired) electrons. The largest absolute Gasteiger partial charge is 0.497 e. The first kappa shape index (κ1) is 19.4. The molecular formula is C20H29N4O3+. The summed E-state index contributed by atoms with van der Waals surface area (Å²) in [5.41, 5.74) is 4.70. The molecule has 0 saturated carbocycles. The van der Waals surface area contributed by atoms with Crippen LogP contribution in [-0.2, 0) is 4.79 Å². The third-order valence-corrected chi connectivity index (χ3v) is 5.03. The van der Waals surface area contributed by atoms with Crippen molar-refractivity contribution < 1.29 is 19.8 Å². The Morgan fingerprint density at radius 3 is 3.07 bits per heavy atom. The Bertz CT molecular complexity index is 746. The van der Waals surface area contributed by atoms with Crippen LogP contribution < -0.4 is 10.5 Å². The molecule has 1 aliphatic heterocycles. The van der Waals surface area contributed by atoms with Crippen molar-refractivity contribution in [2.45, 2.75) is 44.4 Å². The number of piperidine rings is 1. The number of hydrogen-bond acceptors (Lipinski definition) is 5. The Morgan fingerprint density at radius 2 is 2.26 bits per heavy atom. The van der Waals surface area contributed by atoms with Gasteiger partial charge in [-0.2, -0.15) is 4.98 Å². The lowest BCUT2D eigenvalue weighted by Crippen LogP contribution is -2.50. The molecule has 1 fully saturated rings. The van der Waals surface area contributed by atoms with Crippen LogP contribution in [-0.4, -0.2) is 47.7 Å². The highest BCUT2D eigenvalue weighted by Gasteiger charge is 2.28. The second kappa shape index (κ2) is 9.50. The van der Waals surface area contributed by atoms with Crippen molar-refractivity contribution in [3.8, 4) is 17.1 Å². The van der Waals surface area contributed by atoms with Crippen LogP contribution in [0, 0.1) is 0 Å². The van der Waals surface area contributed by atoms with E-state index in [1.54, 1.807) is 7.11 Å². The van der Waals surface area contributed by atoms with Crippen molar-refractivity contribution in [1.29, 1.82) is 0 Å². The lowest BCUT2D eigenvalue weighted by molar-refractivity contribution is -0.368. The first-order chi connectivity index (χ1) is 13.2.